The molecule has 6 nitrogen and oxygen atoms in total. The Bertz CT molecular complexity index is 1260. The number of nitrogens with zero attached hydrogens (tertiary/aromatic N) is 1. The smallest absolute Gasteiger partial charge is 0.270 e. The van der Waals surface area contributed by atoms with E-state index in [9.17, 15) is 9.59 Å². The lowest BCUT2D eigenvalue weighted by Gasteiger charge is -2.29. The van der Waals surface area contributed by atoms with Crippen molar-refractivity contribution in [2.75, 3.05) is 12.0 Å². The summed E-state index contributed by atoms with van der Waals surface area (Å²) >= 11 is 11.5. The van der Waals surface area contributed by atoms with Gasteiger partial charge in [0.2, 0.25) is 0 Å². The first-order chi connectivity index (χ1) is 16.0. The molecule has 0 saturated carbocycles. The average molecular weight is 479 g/mol. The van der Waals surface area contributed by atoms with Crippen LogP contribution in [0.2, 0.25) is 5.02 Å². The molecule has 166 valence electrons. The summed E-state index contributed by atoms with van der Waals surface area (Å²) in [6, 6.07) is 21.4. The zero-order valence-corrected chi connectivity index (χ0v) is 19.2. The Morgan fingerprint density at radius 2 is 1.76 bits per heavy atom. The van der Waals surface area contributed by atoms with Gasteiger partial charge in [0.1, 0.15) is 23.7 Å². The third kappa shape index (κ3) is 4.89. The van der Waals surface area contributed by atoms with Crippen molar-refractivity contribution in [3.8, 4) is 11.5 Å². The number of anilines is 1. The van der Waals surface area contributed by atoms with E-state index in [2.05, 4.69) is 5.32 Å². The van der Waals surface area contributed by atoms with Gasteiger partial charge in [-0.3, -0.25) is 19.8 Å². The predicted octanol–water partition coefficient (Wildman–Crippen LogP) is 4.76. The van der Waals surface area contributed by atoms with Crippen LogP contribution in [0, 0.1) is 0 Å². The van der Waals surface area contributed by atoms with Gasteiger partial charge >= 0.3 is 0 Å². The molecule has 1 saturated heterocycles. The number of ether oxygens (including phenoxy) is 2. The van der Waals surface area contributed by atoms with Crippen LogP contribution < -0.4 is 19.7 Å². The molecule has 1 aliphatic heterocycles. The van der Waals surface area contributed by atoms with Crippen LogP contribution in [0.3, 0.4) is 0 Å². The van der Waals surface area contributed by atoms with Crippen molar-refractivity contribution < 1.29 is 19.1 Å². The third-order valence-electron chi connectivity index (χ3n) is 4.98. The van der Waals surface area contributed by atoms with Gasteiger partial charge in [0.05, 0.1) is 12.8 Å². The molecule has 3 aromatic rings. The van der Waals surface area contributed by atoms with Gasteiger partial charge < -0.3 is 9.47 Å². The SMILES string of the molecule is COc1ccc(/C=C2/C(=O)NC(=S)N(c3ccccc3)C2=O)c(OCc2ccccc2Cl)c1. The molecule has 0 spiro atoms. The minimum atomic E-state index is -0.579. The molecule has 0 unspecified atom stereocenters. The van der Waals surface area contributed by atoms with Gasteiger partial charge in [-0.25, -0.2) is 0 Å². The number of benzene rings is 3. The van der Waals surface area contributed by atoms with Gasteiger partial charge in [-0.15, -0.1) is 0 Å². The first-order valence-electron chi connectivity index (χ1n) is 9.98. The standard InChI is InChI=1S/C25H19ClN2O4S/c1-31-19-12-11-16(22(14-19)32-15-17-7-5-6-10-21(17)26)13-20-23(29)27-25(33)28(24(20)30)18-8-3-2-4-9-18/h2-14H,15H2,1H3,(H,27,29,33)/b20-13-. The molecular weight excluding hydrogens is 460 g/mol. The molecule has 0 atom stereocenters. The molecule has 0 aliphatic carbocycles. The Morgan fingerprint density at radius 3 is 2.48 bits per heavy atom. The van der Waals surface area contributed by atoms with Crippen LogP contribution in [0.5, 0.6) is 11.5 Å². The molecule has 8 heteroatoms. The molecule has 0 aromatic heterocycles. The maximum absolute atomic E-state index is 13.2. The highest BCUT2D eigenvalue weighted by Gasteiger charge is 2.34. The van der Waals surface area contributed by atoms with Crippen LogP contribution in [-0.4, -0.2) is 24.0 Å². The minimum absolute atomic E-state index is 0.0262. The van der Waals surface area contributed by atoms with E-state index in [0.717, 1.165) is 5.56 Å². The third-order valence-corrected chi connectivity index (χ3v) is 5.63. The summed E-state index contributed by atoms with van der Waals surface area (Å²) in [5, 5.41) is 3.19. The topological polar surface area (TPSA) is 67.9 Å². The molecule has 1 fully saturated rings. The van der Waals surface area contributed by atoms with E-state index < -0.39 is 11.8 Å². The molecule has 4 rings (SSSR count). The number of amides is 2. The number of thiocarbonyl (C=S) groups is 1. The summed E-state index contributed by atoms with van der Waals surface area (Å²) in [4.78, 5) is 27.2. The Morgan fingerprint density at radius 1 is 1.03 bits per heavy atom. The first kappa shape index (κ1) is 22.5. The number of rotatable bonds is 6. The molecule has 3 aromatic carbocycles. The van der Waals surface area contributed by atoms with E-state index in [-0.39, 0.29) is 17.3 Å². The van der Waals surface area contributed by atoms with Crippen LogP contribution in [0.25, 0.3) is 6.08 Å². The fraction of sp³-hybridized carbons (Fsp3) is 0.0800. The summed E-state index contributed by atoms with van der Waals surface area (Å²) in [5.41, 5.74) is 1.82. The number of hydrogen-bond acceptors (Lipinski definition) is 5. The summed E-state index contributed by atoms with van der Waals surface area (Å²) in [7, 11) is 1.54. The second kappa shape index (κ2) is 9.85. The van der Waals surface area contributed by atoms with Crippen LogP contribution in [0.4, 0.5) is 5.69 Å². The quantitative estimate of drug-likeness (QED) is 0.314. The lowest BCUT2D eigenvalue weighted by atomic mass is 10.1. The average Bonchev–Trinajstić information content (AvgIpc) is 2.82. The van der Waals surface area contributed by atoms with Crippen LogP contribution >= 0.6 is 23.8 Å². The number of methoxy groups -OCH3 is 1. The molecule has 0 bridgehead atoms. The Balaban J connectivity index is 1.69. The van der Waals surface area contributed by atoms with Crippen molar-refractivity contribution in [1.29, 1.82) is 0 Å². The van der Waals surface area contributed by atoms with Crippen LogP contribution in [-0.2, 0) is 16.2 Å². The largest absolute Gasteiger partial charge is 0.497 e. The fourth-order valence-corrected chi connectivity index (χ4v) is 3.75. The van der Waals surface area contributed by atoms with E-state index in [0.29, 0.717) is 27.8 Å². The minimum Gasteiger partial charge on any atom is -0.497 e. The van der Waals surface area contributed by atoms with E-state index >= 15 is 0 Å². The van der Waals surface area contributed by atoms with Gasteiger partial charge in [-0.05, 0) is 48.6 Å². The Hall–Kier alpha value is -3.68. The Kier molecular flexibility index (Phi) is 6.72. The number of carbonyl (C=O) groups is 2. The normalized spacial score (nSPS) is 14.9. The monoisotopic (exact) mass is 478 g/mol. The number of nitrogens with one attached hydrogen (secondary N) is 1. The van der Waals surface area contributed by atoms with Crippen molar-refractivity contribution in [2.24, 2.45) is 0 Å². The van der Waals surface area contributed by atoms with Crippen molar-refractivity contribution in [3.05, 3.63) is 94.5 Å². The Labute approximate surface area is 201 Å². The maximum atomic E-state index is 13.2. The van der Waals surface area contributed by atoms with Crippen LogP contribution in [0.15, 0.2) is 78.4 Å². The van der Waals surface area contributed by atoms with Gasteiger partial charge in [-0.1, -0.05) is 48.0 Å². The number of carbonyl (C=O) groups excluding carboxylic acids is 2. The van der Waals surface area contributed by atoms with Crippen molar-refractivity contribution >= 4 is 52.5 Å². The molecule has 33 heavy (non-hydrogen) atoms. The predicted molar refractivity (Wildman–Crippen MR) is 131 cm³/mol. The van der Waals surface area contributed by atoms with E-state index in [1.807, 2.05) is 24.3 Å². The molecule has 2 amide bonds. The molecule has 1 aliphatic rings. The maximum Gasteiger partial charge on any atom is 0.270 e. The fourth-order valence-electron chi connectivity index (χ4n) is 3.28. The summed E-state index contributed by atoms with van der Waals surface area (Å²) in [6.07, 6.45) is 1.48. The second-order valence-electron chi connectivity index (χ2n) is 7.08. The van der Waals surface area contributed by atoms with Crippen molar-refractivity contribution in [2.45, 2.75) is 6.61 Å². The van der Waals surface area contributed by atoms with E-state index in [1.165, 1.54) is 11.0 Å². The van der Waals surface area contributed by atoms with Gasteiger partial charge in [-0.2, -0.15) is 0 Å². The number of para-hydroxylation sites is 1. The zero-order chi connectivity index (χ0) is 23.4. The van der Waals surface area contributed by atoms with Gasteiger partial charge in [0, 0.05) is 22.2 Å². The second-order valence-corrected chi connectivity index (χ2v) is 7.87. The van der Waals surface area contributed by atoms with Gasteiger partial charge in [0.15, 0.2) is 5.11 Å². The van der Waals surface area contributed by atoms with Gasteiger partial charge in [0.25, 0.3) is 11.8 Å². The molecule has 0 radical (unpaired) electrons. The van der Waals surface area contributed by atoms with Crippen LogP contribution in [0.1, 0.15) is 11.1 Å². The van der Waals surface area contributed by atoms with E-state index in [4.69, 9.17) is 33.3 Å². The lowest BCUT2D eigenvalue weighted by Crippen LogP contribution is -2.54. The molecular formula is C25H19ClN2O4S. The highest BCUT2D eigenvalue weighted by molar-refractivity contribution is 7.80. The number of halogens is 1. The highest BCUT2D eigenvalue weighted by atomic mass is 35.5. The van der Waals surface area contributed by atoms with Crippen molar-refractivity contribution in [3.63, 3.8) is 0 Å². The number of hydrogen-bond donors (Lipinski definition) is 1. The zero-order valence-electron chi connectivity index (χ0n) is 17.6. The van der Waals surface area contributed by atoms with Crippen molar-refractivity contribution in [1.82, 2.24) is 5.32 Å². The first-order valence-corrected chi connectivity index (χ1v) is 10.8. The summed E-state index contributed by atoms with van der Waals surface area (Å²) < 4.78 is 11.3. The summed E-state index contributed by atoms with van der Waals surface area (Å²) in [6.45, 7) is 0.198. The molecule has 1 N–H and O–H groups in total. The molecule has 1 heterocycles. The lowest BCUT2D eigenvalue weighted by molar-refractivity contribution is -0.122. The summed E-state index contributed by atoms with van der Waals surface area (Å²) in [5.74, 6) is -0.104. The highest BCUT2D eigenvalue weighted by Crippen LogP contribution is 2.30. The van der Waals surface area contributed by atoms with E-state index in [1.54, 1.807) is 55.6 Å².